The summed E-state index contributed by atoms with van der Waals surface area (Å²) in [5.74, 6) is 0.0880. The number of aliphatic hydroxyl groups excluding tert-OH is 1. The number of allylic oxidation sites excluding steroid dienone is 1. The Bertz CT molecular complexity index is 270. The van der Waals surface area contributed by atoms with E-state index < -0.39 is 17.9 Å². The highest BCUT2D eigenvalue weighted by Crippen LogP contribution is 2.27. The lowest BCUT2D eigenvalue weighted by Crippen LogP contribution is -2.41. The number of amides is 1. The van der Waals surface area contributed by atoms with Crippen LogP contribution in [0.4, 0.5) is 4.79 Å². The molecule has 0 aliphatic carbocycles. The van der Waals surface area contributed by atoms with Crippen molar-refractivity contribution in [2.75, 3.05) is 6.54 Å². The van der Waals surface area contributed by atoms with E-state index in [9.17, 15) is 9.90 Å². The summed E-state index contributed by atoms with van der Waals surface area (Å²) >= 11 is 0. The van der Waals surface area contributed by atoms with Gasteiger partial charge in [-0.2, -0.15) is 0 Å². The van der Waals surface area contributed by atoms with Crippen molar-refractivity contribution in [1.29, 1.82) is 0 Å². The molecule has 16 heavy (non-hydrogen) atoms. The second kappa shape index (κ2) is 4.87. The molecule has 0 aromatic rings. The Balaban J connectivity index is 2.56. The van der Waals surface area contributed by atoms with E-state index in [4.69, 9.17) is 4.74 Å². The quantitative estimate of drug-likeness (QED) is 0.735. The van der Waals surface area contributed by atoms with Gasteiger partial charge >= 0.3 is 6.09 Å². The van der Waals surface area contributed by atoms with Crippen LogP contribution in [-0.4, -0.2) is 34.5 Å². The first-order valence-corrected chi connectivity index (χ1v) is 5.63. The van der Waals surface area contributed by atoms with E-state index in [0.717, 1.165) is 12.8 Å². The Labute approximate surface area is 96.9 Å². The van der Waals surface area contributed by atoms with Crippen LogP contribution < -0.4 is 0 Å². The maximum absolute atomic E-state index is 11.7. The number of aliphatic hydroxyl groups is 1. The van der Waals surface area contributed by atoms with Gasteiger partial charge in [0.15, 0.2) is 0 Å². The van der Waals surface area contributed by atoms with Gasteiger partial charge in [0.2, 0.25) is 0 Å². The van der Waals surface area contributed by atoms with Gasteiger partial charge in [-0.1, -0.05) is 6.08 Å². The van der Waals surface area contributed by atoms with Crippen LogP contribution in [0.5, 0.6) is 0 Å². The summed E-state index contributed by atoms with van der Waals surface area (Å²) in [7, 11) is 0. The zero-order chi connectivity index (χ0) is 12.3. The molecule has 0 radical (unpaired) electrons. The number of rotatable bonds is 2. The van der Waals surface area contributed by atoms with Gasteiger partial charge in [0, 0.05) is 12.5 Å². The van der Waals surface area contributed by atoms with Gasteiger partial charge in [0.25, 0.3) is 0 Å². The fraction of sp³-hybridized carbons (Fsp3) is 0.750. The summed E-state index contributed by atoms with van der Waals surface area (Å²) in [5.41, 5.74) is -0.521. The highest BCUT2D eigenvalue weighted by Gasteiger charge is 2.36. The predicted molar refractivity (Wildman–Crippen MR) is 61.9 cm³/mol. The summed E-state index contributed by atoms with van der Waals surface area (Å²) in [6.07, 6.45) is 2.11. The van der Waals surface area contributed by atoms with Crippen LogP contribution in [0.3, 0.4) is 0 Å². The van der Waals surface area contributed by atoms with Crippen LogP contribution in [0.2, 0.25) is 0 Å². The summed E-state index contributed by atoms with van der Waals surface area (Å²) in [6, 6.07) is 0. The average Bonchev–Trinajstić information content (AvgIpc) is 2.46. The van der Waals surface area contributed by atoms with Crippen molar-refractivity contribution in [2.45, 2.75) is 45.4 Å². The van der Waals surface area contributed by atoms with E-state index in [2.05, 4.69) is 6.58 Å². The molecule has 1 aliphatic rings. The van der Waals surface area contributed by atoms with E-state index >= 15 is 0 Å². The smallest absolute Gasteiger partial charge is 0.412 e. The maximum atomic E-state index is 11.7. The minimum Gasteiger partial charge on any atom is -0.444 e. The first-order chi connectivity index (χ1) is 7.35. The Morgan fingerprint density at radius 2 is 2.25 bits per heavy atom. The normalized spacial score (nSPS) is 25.6. The number of hydrogen-bond acceptors (Lipinski definition) is 3. The van der Waals surface area contributed by atoms with E-state index in [1.807, 2.05) is 20.8 Å². The molecule has 2 atom stereocenters. The molecule has 4 heteroatoms. The first-order valence-electron chi connectivity index (χ1n) is 5.63. The van der Waals surface area contributed by atoms with Crippen molar-refractivity contribution < 1.29 is 14.6 Å². The van der Waals surface area contributed by atoms with Crippen molar-refractivity contribution in [2.24, 2.45) is 5.92 Å². The lowest BCUT2D eigenvalue weighted by Gasteiger charge is -2.27. The SMILES string of the molecule is C=CCC1CCN(C(=O)OC(C)(C)C)C1O. The second-order valence-corrected chi connectivity index (χ2v) is 5.16. The molecule has 0 aromatic heterocycles. The Hall–Kier alpha value is -1.03. The molecule has 2 unspecified atom stereocenters. The zero-order valence-corrected chi connectivity index (χ0v) is 10.3. The monoisotopic (exact) mass is 227 g/mol. The van der Waals surface area contributed by atoms with E-state index in [1.54, 1.807) is 6.08 Å². The minimum atomic E-state index is -0.743. The fourth-order valence-electron chi connectivity index (χ4n) is 1.81. The fourth-order valence-corrected chi connectivity index (χ4v) is 1.81. The molecular weight excluding hydrogens is 206 g/mol. The third kappa shape index (κ3) is 3.23. The van der Waals surface area contributed by atoms with Gasteiger partial charge in [0.05, 0.1) is 0 Å². The molecule has 1 fully saturated rings. The van der Waals surface area contributed by atoms with Crippen LogP contribution in [0, 0.1) is 5.92 Å². The lowest BCUT2D eigenvalue weighted by molar-refractivity contribution is -0.0249. The van der Waals surface area contributed by atoms with Crippen LogP contribution in [0.25, 0.3) is 0 Å². The summed E-state index contributed by atoms with van der Waals surface area (Å²) in [6.45, 7) is 9.63. The number of nitrogens with zero attached hydrogens (tertiary/aromatic N) is 1. The number of hydrogen-bond donors (Lipinski definition) is 1. The second-order valence-electron chi connectivity index (χ2n) is 5.16. The number of ether oxygens (including phenoxy) is 1. The Morgan fingerprint density at radius 3 is 2.75 bits per heavy atom. The molecule has 1 amide bonds. The standard InChI is InChI=1S/C12H21NO3/c1-5-6-9-7-8-13(10(9)14)11(15)16-12(2,3)4/h5,9-10,14H,1,6-8H2,2-4H3. The van der Waals surface area contributed by atoms with Gasteiger partial charge < -0.3 is 9.84 Å². The first kappa shape index (κ1) is 13.0. The van der Waals surface area contributed by atoms with Crippen molar-refractivity contribution in [3.8, 4) is 0 Å². The number of carbonyl (C=O) groups is 1. The largest absolute Gasteiger partial charge is 0.444 e. The molecule has 4 nitrogen and oxygen atoms in total. The van der Waals surface area contributed by atoms with Gasteiger partial charge in [0.1, 0.15) is 11.8 Å². The minimum absolute atomic E-state index is 0.0880. The van der Waals surface area contributed by atoms with E-state index in [-0.39, 0.29) is 5.92 Å². The van der Waals surface area contributed by atoms with Crippen molar-refractivity contribution in [3.05, 3.63) is 12.7 Å². The third-order valence-electron chi connectivity index (χ3n) is 2.58. The topological polar surface area (TPSA) is 49.8 Å². The maximum Gasteiger partial charge on any atom is 0.412 e. The number of likely N-dealkylation sites (tertiary alicyclic amines) is 1. The Kier molecular flexibility index (Phi) is 3.97. The average molecular weight is 227 g/mol. The van der Waals surface area contributed by atoms with Gasteiger partial charge in [-0.25, -0.2) is 4.79 Å². The van der Waals surface area contributed by atoms with E-state index in [0.29, 0.717) is 6.54 Å². The summed E-state index contributed by atoms with van der Waals surface area (Å²) in [4.78, 5) is 13.1. The summed E-state index contributed by atoms with van der Waals surface area (Å²) in [5, 5.41) is 9.92. The highest BCUT2D eigenvalue weighted by atomic mass is 16.6. The molecule has 1 heterocycles. The molecule has 1 saturated heterocycles. The van der Waals surface area contributed by atoms with Crippen LogP contribution in [-0.2, 0) is 4.74 Å². The van der Waals surface area contributed by atoms with Gasteiger partial charge in [-0.3, -0.25) is 4.90 Å². The van der Waals surface area contributed by atoms with Crippen LogP contribution >= 0.6 is 0 Å². The molecule has 0 bridgehead atoms. The van der Waals surface area contributed by atoms with Crippen molar-refractivity contribution in [3.63, 3.8) is 0 Å². The highest BCUT2D eigenvalue weighted by molar-refractivity contribution is 5.68. The Morgan fingerprint density at radius 1 is 1.62 bits per heavy atom. The molecule has 0 spiro atoms. The van der Waals surface area contributed by atoms with Crippen LogP contribution in [0.15, 0.2) is 12.7 Å². The molecule has 0 aromatic carbocycles. The van der Waals surface area contributed by atoms with Gasteiger partial charge in [-0.05, 0) is 33.6 Å². The van der Waals surface area contributed by atoms with Gasteiger partial charge in [-0.15, -0.1) is 6.58 Å². The number of carbonyl (C=O) groups excluding carboxylic acids is 1. The van der Waals surface area contributed by atoms with Crippen molar-refractivity contribution in [1.82, 2.24) is 4.90 Å². The lowest BCUT2D eigenvalue weighted by atomic mass is 10.0. The molecule has 0 saturated carbocycles. The predicted octanol–water partition coefficient (Wildman–Crippen LogP) is 2.14. The zero-order valence-electron chi connectivity index (χ0n) is 10.3. The third-order valence-corrected chi connectivity index (χ3v) is 2.58. The van der Waals surface area contributed by atoms with Crippen molar-refractivity contribution >= 4 is 6.09 Å². The molecule has 1 aliphatic heterocycles. The molecule has 1 rings (SSSR count). The molecule has 1 N–H and O–H groups in total. The summed E-state index contributed by atoms with van der Waals surface area (Å²) < 4.78 is 5.22. The molecule has 92 valence electrons. The van der Waals surface area contributed by atoms with Crippen LogP contribution in [0.1, 0.15) is 33.6 Å². The molecular formula is C12H21NO3. The van der Waals surface area contributed by atoms with E-state index in [1.165, 1.54) is 4.90 Å².